The molecule has 38 heavy (non-hydrogen) atoms. The van der Waals surface area contributed by atoms with Crippen LogP contribution in [0, 0.1) is 5.82 Å². The highest BCUT2D eigenvalue weighted by molar-refractivity contribution is 6.07. The molecule has 0 radical (unpaired) electrons. The molecule has 1 fully saturated rings. The third-order valence-corrected chi connectivity index (χ3v) is 7.58. The zero-order valence-electron chi connectivity index (χ0n) is 21.4. The molecule has 0 aliphatic carbocycles. The van der Waals surface area contributed by atoms with Crippen LogP contribution < -0.4 is 20.1 Å². The number of carbonyl (C=O) groups excluding carboxylic acids is 1. The van der Waals surface area contributed by atoms with Gasteiger partial charge in [-0.2, -0.15) is 0 Å². The molecule has 3 aliphatic heterocycles. The summed E-state index contributed by atoms with van der Waals surface area (Å²) in [4.78, 5) is 23.6. The number of nitrogens with zero attached hydrogens (tertiary/aromatic N) is 2. The second-order valence-electron chi connectivity index (χ2n) is 9.99. The fraction of sp³-hybridized carbons (Fsp3) is 0.429. The lowest BCUT2D eigenvalue weighted by Gasteiger charge is -2.33. The molecule has 3 aromatic rings. The van der Waals surface area contributed by atoms with E-state index < -0.39 is 5.82 Å². The number of hydrogen-bond acceptors (Lipinski definition) is 7. The molecule has 3 aliphatic rings. The Labute approximate surface area is 220 Å². The maximum Gasteiger partial charge on any atom is 0.255 e. The van der Waals surface area contributed by atoms with Gasteiger partial charge in [0.25, 0.3) is 5.91 Å². The molecule has 0 spiro atoms. The minimum Gasteiger partial charge on any atom is -0.492 e. The predicted octanol–water partition coefficient (Wildman–Crippen LogP) is 4.06. The first-order chi connectivity index (χ1) is 18.6. The molecule has 1 saturated heterocycles. The lowest BCUT2D eigenvalue weighted by molar-refractivity contribution is -0.0481. The van der Waals surface area contributed by atoms with E-state index in [1.54, 1.807) is 24.5 Å². The molecule has 3 N–H and O–H groups in total. The Kier molecular flexibility index (Phi) is 6.90. The Morgan fingerprint density at radius 2 is 2.16 bits per heavy atom. The minimum absolute atomic E-state index is 0.0386. The highest BCUT2D eigenvalue weighted by atomic mass is 19.1. The van der Waals surface area contributed by atoms with Crippen LogP contribution in [0.2, 0.25) is 0 Å². The number of para-hydroxylation sites is 1. The molecule has 1 aromatic carbocycles. The molecule has 10 heteroatoms. The van der Waals surface area contributed by atoms with Crippen LogP contribution in [0.5, 0.6) is 11.5 Å². The molecular formula is C28H32FN5O4. The second-order valence-corrected chi connectivity index (χ2v) is 9.99. The van der Waals surface area contributed by atoms with Gasteiger partial charge >= 0.3 is 0 Å². The minimum atomic E-state index is -0.491. The van der Waals surface area contributed by atoms with Crippen LogP contribution in [0.25, 0.3) is 11.3 Å². The van der Waals surface area contributed by atoms with E-state index in [0.29, 0.717) is 48.1 Å². The van der Waals surface area contributed by atoms with Crippen molar-refractivity contribution in [2.45, 2.75) is 31.3 Å². The smallest absolute Gasteiger partial charge is 0.255 e. The number of morpholine rings is 1. The molecule has 1 amide bonds. The van der Waals surface area contributed by atoms with E-state index in [4.69, 9.17) is 14.2 Å². The average molecular weight is 522 g/mol. The number of aromatic amines is 1. The van der Waals surface area contributed by atoms with Crippen molar-refractivity contribution in [1.82, 2.24) is 20.2 Å². The summed E-state index contributed by atoms with van der Waals surface area (Å²) in [5.41, 5.74) is 3.81. The molecule has 1 unspecified atom stereocenters. The zero-order chi connectivity index (χ0) is 26.1. The lowest BCUT2D eigenvalue weighted by Crippen LogP contribution is -2.45. The van der Waals surface area contributed by atoms with E-state index in [-0.39, 0.29) is 23.7 Å². The lowest BCUT2D eigenvalue weighted by atomic mass is 9.91. The van der Waals surface area contributed by atoms with Crippen molar-refractivity contribution in [1.29, 1.82) is 0 Å². The Morgan fingerprint density at radius 3 is 3.05 bits per heavy atom. The Hall–Kier alpha value is -3.63. The van der Waals surface area contributed by atoms with Crippen molar-refractivity contribution in [2.24, 2.45) is 0 Å². The number of hydrogen-bond donors (Lipinski definition) is 3. The third-order valence-electron chi connectivity index (χ3n) is 7.58. The number of benzene rings is 1. The van der Waals surface area contributed by atoms with Gasteiger partial charge in [-0.05, 0) is 37.6 Å². The van der Waals surface area contributed by atoms with Gasteiger partial charge in [0.2, 0.25) is 0 Å². The third kappa shape index (κ3) is 4.69. The van der Waals surface area contributed by atoms with Crippen molar-refractivity contribution < 1.29 is 23.4 Å². The highest BCUT2D eigenvalue weighted by Crippen LogP contribution is 2.44. The molecule has 200 valence electrons. The molecule has 2 aromatic heterocycles. The average Bonchev–Trinajstić information content (AvgIpc) is 3.31. The van der Waals surface area contributed by atoms with Crippen molar-refractivity contribution >= 4 is 17.3 Å². The van der Waals surface area contributed by atoms with Gasteiger partial charge in [0.05, 0.1) is 42.5 Å². The molecule has 6 rings (SSSR count). The number of ether oxygens (including phenoxy) is 3. The van der Waals surface area contributed by atoms with Crippen molar-refractivity contribution in [2.75, 3.05) is 51.8 Å². The number of anilines is 2. The van der Waals surface area contributed by atoms with Crippen LogP contribution in [0.1, 0.15) is 41.2 Å². The number of aromatic nitrogens is 2. The maximum absolute atomic E-state index is 14.6. The zero-order valence-corrected chi connectivity index (χ0v) is 21.4. The van der Waals surface area contributed by atoms with E-state index >= 15 is 0 Å². The predicted molar refractivity (Wildman–Crippen MR) is 141 cm³/mol. The molecule has 9 nitrogen and oxygen atoms in total. The maximum atomic E-state index is 14.6. The van der Waals surface area contributed by atoms with Gasteiger partial charge in [0.15, 0.2) is 11.6 Å². The van der Waals surface area contributed by atoms with Crippen LogP contribution in [-0.4, -0.2) is 73.4 Å². The number of fused-ring (bicyclic) bond motifs is 5. The van der Waals surface area contributed by atoms with Crippen LogP contribution >= 0.6 is 0 Å². The Morgan fingerprint density at radius 1 is 1.24 bits per heavy atom. The summed E-state index contributed by atoms with van der Waals surface area (Å²) < 4.78 is 32.2. The summed E-state index contributed by atoms with van der Waals surface area (Å²) in [7, 11) is 1.42. The Balaban J connectivity index is 1.48. The topological polar surface area (TPSA) is 101 Å². The number of rotatable bonds is 3. The van der Waals surface area contributed by atoms with Crippen molar-refractivity contribution in [3.8, 4) is 22.8 Å². The van der Waals surface area contributed by atoms with Crippen LogP contribution in [0.15, 0.2) is 36.7 Å². The fourth-order valence-corrected chi connectivity index (χ4v) is 5.69. The number of pyridine rings is 1. The number of nitrogens with one attached hydrogen (secondary N) is 3. The molecule has 0 saturated carbocycles. The van der Waals surface area contributed by atoms with Crippen LogP contribution in [0.4, 0.5) is 15.8 Å². The van der Waals surface area contributed by atoms with Gasteiger partial charge in [0.1, 0.15) is 18.5 Å². The molecule has 4 bridgehead atoms. The largest absolute Gasteiger partial charge is 0.492 e. The van der Waals surface area contributed by atoms with E-state index in [1.165, 1.54) is 13.2 Å². The normalized spacial score (nSPS) is 23.2. The first kappa shape index (κ1) is 24.7. The number of H-pyrrole nitrogens is 1. The summed E-state index contributed by atoms with van der Waals surface area (Å²) in [6, 6.07) is 6.54. The quantitative estimate of drug-likeness (QED) is 0.478. The van der Waals surface area contributed by atoms with Gasteiger partial charge < -0.3 is 29.8 Å². The summed E-state index contributed by atoms with van der Waals surface area (Å²) >= 11 is 0. The first-order valence-corrected chi connectivity index (χ1v) is 13.2. The summed E-state index contributed by atoms with van der Waals surface area (Å²) in [6.07, 6.45) is 6.37. The summed E-state index contributed by atoms with van der Waals surface area (Å²) in [5, 5.41) is 6.39. The van der Waals surface area contributed by atoms with Gasteiger partial charge in [0, 0.05) is 43.0 Å². The Bertz CT molecular complexity index is 1330. The first-order valence-electron chi connectivity index (χ1n) is 13.2. The number of halogens is 1. The summed E-state index contributed by atoms with van der Waals surface area (Å²) in [6.45, 7) is 4.40. The van der Waals surface area contributed by atoms with Crippen LogP contribution in [0.3, 0.4) is 0 Å². The van der Waals surface area contributed by atoms with Crippen molar-refractivity contribution in [3.05, 3.63) is 53.7 Å². The monoisotopic (exact) mass is 521 g/mol. The van der Waals surface area contributed by atoms with E-state index in [2.05, 4.69) is 25.5 Å². The standard InChI is InChI=1S/C28H32FN5O4/c1-36-27-20(29)6-4-7-21(27)32-26-23-24-17(13-31-28(23)35)5-2-3-10-34-11-12-37-18(15-34)16-38-22-14-30-9-8-19(22)25(26)33-24/h4,6-9,14,17-18,32-33H,2-3,5,10-13,15-16H2,1H3,(H,31,35)/t17-,18-/m0/s1. The van der Waals surface area contributed by atoms with E-state index in [1.807, 2.05) is 6.07 Å². The molecule has 3 atom stereocenters. The number of carbonyl (C=O) groups is 1. The number of methoxy groups -OCH3 is 1. The molecule has 5 heterocycles. The fourth-order valence-electron chi connectivity index (χ4n) is 5.69. The number of amides is 1. The van der Waals surface area contributed by atoms with Gasteiger partial charge in [-0.25, -0.2) is 4.39 Å². The van der Waals surface area contributed by atoms with Crippen molar-refractivity contribution in [3.63, 3.8) is 0 Å². The highest BCUT2D eigenvalue weighted by Gasteiger charge is 2.34. The van der Waals surface area contributed by atoms with Gasteiger partial charge in [-0.15, -0.1) is 0 Å². The van der Waals surface area contributed by atoms with Gasteiger partial charge in [-0.3, -0.25) is 14.7 Å². The van der Waals surface area contributed by atoms with E-state index in [9.17, 15) is 9.18 Å². The van der Waals surface area contributed by atoms with Crippen LogP contribution in [-0.2, 0) is 4.74 Å². The molecular weight excluding hydrogens is 489 g/mol. The SMILES string of the molecule is COc1c(F)cccc1Nc1c2[nH]c3c1C(=O)NC[C@@H]3CCCCN1CCO[C@H](COc3cnccc3-2)C1. The second kappa shape index (κ2) is 10.6. The van der Waals surface area contributed by atoms with Gasteiger partial charge in [-0.1, -0.05) is 12.5 Å². The van der Waals surface area contributed by atoms with E-state index in [0.717, 1.165) is 50.2 Å². The summed E-state index contributed by atoms with van der Waals surface area (Å²) in [5.74, 6) is 0.111.